The van der Waals surface area contributed by atoms with E-state index in [1.54, 1.807) is 13.8 Å². The Balaban J connectivity index is 3.49. The summed E-state index contributed by atoms with van der Waals surface area (Å²) in [5.41, 5.74) is -0.766. The van der Waals surface area contributed by atoms with E-state index in [-0.39, 0.29) is 18.5 Å². The summed E-state index contributed by atoms with van der Waals surface area (Å²) in [6, 6.07) is 0.163. The highest BCUT2D eigenvalue weighted by Crippen LogP contribution is 1.96. The lowest BCUT2D eigenvalue weighted by molar-refractivity contribution is -0.120. The van der Waals surface area contributed by atoms with Crippen molar-refractivity contribution in [3.8, 4) is 0 Å². The second-order valence-electron chi connectivity index (χ2n) is 4.14. The molecule has 0 saturated carbocycles. The number of aliphatic hydroxyl groups is 1. The first-order chi connectivity index (χ1) is 5.81. The quantitative estimate of drug-likeness (QED) is 0.563. The van der Waals surface area contributed by atoms with Gasteiger partial charge in [0.15, 0.2) is 0 Å². The second kappa shape index (κ2) is 5.19. The minimum Gasteiger partial charge on any atom is -0.389 e. The highest BCUT2D eigenvalue weighted by Gasteiger charge is 2.12. The van der Waals surface area contributed by atoms with Crippen LogP contribution >= 0.6 is 0 Å². The van der Waals surface area contributed by atoms with Gasteiger partial charge in [0, 0.05) is 12.6 Å². The molecule has 0 saturated heterocycles. The largest absolute Gasteiger partial charge is 0.389 e. The van der Waals surface area contributed by atoms with E-state index >= 15 is 0 Å². The van der Waals surface area contributed by atoms with Gasteiger partial charge in [0.1, 0.15) is 0 Å². The predicted octanol–water partition coefficient (Wildman–Crippen LogP) is -0.128. The molecule has 1 amide bonds. The molecule has 0 unspecified atom stereocenters. The van der Waals surface area contributed by atoms with Gasteiger partial charge in [0.2, 0.25) is 5.91 Å². The molecular weight excluding hydrogens is 168 g/mol. The molecule has 0 aromatic carbocycles. The Morgan fingerprint density at radius 1 is 1.46 bits per heavy atom. The Kier molecular flexibility index (Phi) is 4.95. The normalized spacial score (nSPS) is 11.8. The first-order valence-electron chi connectivity index (χ1n) is 4.54. The van der Waals surface area contributed by atoms with Crippen LogP contribution in [0.4, 0.5) is 0 Å². The van der Waals surface area contributed by atoms with Gasteiger partial charge in [-0.1, -0.05) is 0 Å². The van der Waals surface area contributed by atoms with E-state index in [0.717, 1.165) is 0 Å². The number of carbonyl (C=O) groups is 1. The molecule has 0 heterocycles. The molecule has 78 valence electrons. The third-order valence-electron chi connectivity index (χ3n) is 1.29. The van der Waals surface area contributed by atoms with Gasteiger partial charge in [-0.05, 0) is 27.7 Å². The van der Waals surface area contributed by atoms with Crippen LogP contribution in [-0.2, 0) is 4.79 Å². The molecule has 0 aliphatic carbocycles. The molecule has 0 bridgehead atoms. The van der Waals surface area contributed by atoms with Gasteiger partial charge in [-0.15, -0.1) is 0 Å². The second-order valence-corrected chi connectivity index (χ2v) is 4.14. The monoisotopic (exact) mass is 188 g/mol. The average Bonchev–Trinajstić information content (AvgIpc) is 1.81. The van der Waals surface area contributed by atoms with Crippen molar-refractivity contribution < 1.29 is 9.90 Å². The molecule has 0 aliphatic heterocycles. The topological polar surface area (TPSA) is 61.4 Å². The lowest BCUT2D eigenvalue weighted by Gasteiger charge is -2.17. The van der Waals surface area contributed by atoms with Gasteiger partial charge in [-0.2, -0.15) is 0 Å². The molecule has 0 spiro atoms. The van der Waals surface area contributed by atoms with Gasteiger partial charge >= 0.3 is 0 Å². The summed E-state index contributed by atoms with van der Waals surface area (Å²) in [5.74, 6) is -0.0424. The van der Waals surface area contributed by atoms with E-state index in [2.05, 4.69) is 10.6 Å². The number of amides is 1. The van der Waals surface area contributed by atoms with Crippen LogP contribution in [0.2, 0.25) is 0 Å². The Hall–Kier alpha value is -0.610. The zero-order valence-electron chi connectivity index (χ0n) is 8.85. The van der Waals surface area contributed by atoms with Crippen molar-refractivity contribution in [3.63, 3.8) is 0 Å². The molecule has 0 aromatic rings. The Morgan fingerprint density at radius 3 is 2.38 bits per heavy atom. The predicted molar refractivity (Wildman–Crippen MR) is 52.4 cm³/mol. The summed E-state index contributed by atoms with van der Waals surface area (Å²) in [5, 5.41) is 14.9. The maximum Gasteiger partial charge on any atom is 0.234 e. The lowest BCUT2D eigenvalue weighted by atomic mass is 10.1. The van der Waals surface area contributed by atoms with Crippen LogP contribution < -0.4 is 10.6 Å². The molecule has 0 atom stereocenters. The fourth-order valence-corrected chi connectivity index (χ4v) is 0.855. The van der Waals surface area contributed by atoms with Crippen LogP contribution in [-0.4, -0.2) is 35.7 Å². The number of hydrogen-bond acceptors (Lipinski definition) is 3. The Morgan fingerprint density at radius 2 is 2.00 bits per heavy atom. The number of rotatable bonds is 5. The molecule has 0 aliphatic rings. The van der Waals surface area contributed by atoms with Crippen molar-refractivity contribution in [1.82, 2.24) is 10.6 Å². The molecule has 4 nitrogen and oxygen atoms in total. The molecule has 0 radical (unpaired) electrons. The van der Waals surface area contributed by atoms with Crippen LogP contribution in [0.1, 0.15) is 27.7 Å². The van der Waals surface area contributed by atoms with Crippen molar-refractivity contribution in [2.45, 2.75) is 39.3 Å². The van der Waals surface area contributed by atoms with E-state index in [4.69, 9.17) is 0 Å². The van der Waals surface area contributed by atoms with Crippen molar-refractivity contribution in [3.05, 3.63) is 0 Å². The molecule has 3 N–H and O–H groups in total. The zero-order valence-corrected chi connectivity index (χ0v) is 8.85. The molecule has 0 fully saturated rings. The third kappa shape index (κ3) is 9.30. The van der Waals surface area contributed by atoms with E-state index in [0.29, 0.717) is 6.54 Å². The standard InChI is InChI=1S/C9H20N2O2/c1-7(2)11-8(12)5-10-6-9(3,4)13/h7,10,13H,5-6H2,1-4H3,(H,11,12). The number of hydrogen-bond donors (Lipinski definition) is 3. The Bertz CT molecular complexity index is 161. The maximum atomic E-state index is 11.1. The highest BCUT2D eigenvalue weighted by molar-refractivity contribution is 5.78. The van der Waals surface area contributed by atoms with Gasteiger partial charge in [-0.25, -0.2) is 0 Å². The lowest BCUT2D eigenvalue weighted by Crippen LogP contribution is -2.42. The van der Waals surface area contributed by atoms with Crippen LogP contribution in [0.25, 0.3) is 0 Å². The number of carbonyl (C=O) groups excluding carboxylic acids is 1. The minimum atomic E-state index is -0.766. The average molecular weight is 188 g/mol. The van der Waals surface area contributed by atoms with Crippen molar-refractivity contribution >= 4 is 5.91 Å². The zero-order chi connectivity index (χ0) is 10.5. The molecule has 0 aromatic heterocycles. The molecular formula is C9H20N2O2. The first-order valence-corrected chi connectivity index (χ1v) is 4.54. The van der Waals surface area contributed by atoms with E-state index < -0.39 is 5.60 Å². The number of nitrogens with one attached hydrogen (secondary N) is 2. The van der Waals surface area contributed by atoms with E-state index in [9.17, 15) is 9.90 Å². The maximum absolute atomic E-state index is 11.1. The van der Waals surface area contributed by atoms with Crippen molar-refractivity contribution in [2.24, 2.45) is 0 Å². The summed E-state index contributed by atoms with van der Waals surface area (Å²) in [6.07, 6.45) is 0. The van der Waals surface area contributed by atoms with Gasteiger partial charge in [0.25, 0.3) is 0 Å². The Labute approximate surface area is 79.7 Å². The van der Waals surface area contributed by atoms with Crippen molar-refractivity contribution in [1.29, 1.82) is 0 Å². The smallest absolute Gasteiger partial charge is 0.234 e. The SMILES string of the molecule is CC(C)NC(=O)CNCC(C)(C)O. The third-order valence-corrected chi connectivity index (χ3v) is 1.29. The van der Waals surface area contributed by atoms with Crippen LogP contribution in [0, 0.1) is 0 Å². The molecule has 13 heavy (non-hydrogen) atoms. The highest BCUT2D eigenvalue weighted by atomic mass is 16.3. The van der Waals surface area contributed by atoms with Crippen LogP contribution in [0.3, 0.4) is 0 Å². The molecule has 4 heteroatoms. The minimum absolute atomic E-state index is 0.0424. The van der Waals surface area contributed by atoms with Gasteiger partial charge < -0.3 is 15.7 Å². The fraction of sp³-hybridized carbons (Fsp3) is 0.889. The summed E-state index contributed by atoms with van der Waals surface area (Å²) in [6.45, 7) is 7.88. The first kappa shape index (κ1) is 12.4. The van der Waals surface area contributed by atoms with Gasteiger partial charge in [0.05, 0.1) is 12.1 Å². The van der Waals surface area contributed by atoms with Crippen molar-refractivity contribution in [2.75, 3.05) is 13.1 Å². The van der Waals surface area contributed by atoms with Crippen LogP contribution in [0.15, 0.2) is 0 Å². The molecule has 0 rings (SSSR count). The summed E-state index contributed by atoms with van der Waals surface area (Å²) in [7, 11) is 0. The van der Waals surface area contributed by atoms with E-state index in [1.165, 1.54) is 0 Å². The summed E-state index contributed by atoms with van der Waals surface area (Å²) in [4.78, 5) is 11.1. The summed E-state index contributed by atoms with van der Waals surface area (Å²) < 4.78 is 0. The summed E-state index contributed by atoms with van der Waals surface area (Å²) >= 11 is 0. The van der Waals surface area contributed by atoms with E-state index in [1.807, 2.05) is 13.8 Å². The fourth-order valence-electron chi connectivity index (χ4n) is 0.855. The van der Waals surface area contributed by atoms with Gasteiger partial charge in [-0.3, -0.25) is 4.79 Å². The van der Waals surface area contributed by atoms with Crippen LogP contribution in [0.5, 0.6) is 0 Å².